The number of hydrogen-bond acceptors (Lipinski definition) is 2. The topological polar surface area (TPSA) is 62.4 Å². The molecule has 0 unspecified atom stereocenters. The van der Waals surface area contributed by atoms with Crippen LogP contribution in [0.3, 0.4) is 0 Å². The largest absolute Gasteiger partial charge is 0.355 e. The van der Waals surface area contributed by atoms with E-state index in [0.717, 1.165) is 12.5 Å². The lowest BCUT2D eigenvalue weighted by molar-refractivity contribution is 0.481. The second kappa shape index (κ2) is 6.65. The number of nitrogens with one attached hydrogen (secondary N) is 2. The normalized spacial score (nSPS) is 18.6. The zero-order valence-corrected chi connectivity index (χ0v) is 9.05. The molecule has 0 spiro atoms. The lowest BCUT2D eigenvalue weighted by atomic mass is 10.0. The van der Waals surface area contributed by atoms with Gasteiger partial charge in [0.25, 0.3) is 0 Å². The summed E-state index contributed by atoms with van der Waals surface area (Å²) in [5, 5.41) is 3.16. The molecule has 0 atom stereocenters. The van der Waals surface area contributed by atoms with Gasteiger partial charge in [0.15, 0.2) is 0 Å². The van der Waals surface area contributed by atoms with E-state index in [0.29, 0.717) is 5.96 Å². The van der Waals surface area contributed by atoms with Crippen molar-refractivity contribution in [3.05, 3.63) is 0 Å². The van der Waals surface area contributed by atoms with Crippen LogP contribution in [-0.2, 0) is 0 Å². The van der Waals surface area contributed by atoms with Crippen molar-refractivity contribution >= 4 is 5.96 Å². The number of hydrogen-bond donors (Lipinski definition) is 3. The lowest BCUT2D eigenvalue weighted by Gasteiger charge is -2.10. The van der Waals surface area contributed by atoms with Crippen molar-refractivity contribution in [1.29, 1.82) is 0 Å². The highest BCUT2D eigenvalue weighted by molar-refractivity contribution is 5.78. The highest BCUT2D eigenvalue weighted by atomic mass is 15.3. The van der Waals surface area contributed by atoms with Crippen LogP contribution in [0.4, 0.5) is 0 Å². The van der Waals surface area contributed by atoms with Crippen LogP contribution in [-0.4, -0.2) is 19.6 Å². The molecule has 1 fully saturated rings. The van der Waals surface area contributed by atoms with Gasteiger partial charge in [-0.3, -0.25) is 10.4 Å². The van der Waals surface area contributed by atoms with E-state index in [2.05, 4.69) is 15.7 Å². The maximum absolute atomic E-state index is 5.24. The molecule has 0 radical (unpaired) electrons. The van der Waals surface area contributed by atoms with Crippen molar-refractivity contribution in [3.63, 3.8) is 0 Å². The summed E-state index contributed by atoms with van der Waals surface area (Å²) in [5.74, 6) is 6.90. The Morgan fingerprint density at radius 1 is 1.43 bits per heavy atom. The molecule has 0 amide bonds. The van der Waals surface area contributed by atoms with Crippen LogP contribution < -0.4 is 16.6 Å². The number of rotatable bonds is 4. The van der Waals surface area contributed by atoms with Crippen LogP contribution in [0.15, 0.2) is 4.99 Å². The molecule has 14 heavy (non-hydrogen) atoms. The predicted molar refractivity (Wildman–Crippen MR) is 59.9 cm³/mol. The van der Waals surface area contributed by atoms with Gasteiger partial charge in [0, 0.05) is 13.6 Å². The van der Waals surface area contributed by atoms with Crippen molar-refractivity contribution in [1.82, 2.24) is 10.7 Å². The summed E-state index contributed by atoms with van der Waals surface area (Å²) in [6.07, 6.45) is 8.29. The summed E-state index contributed by atoms with van der Waals surface area (Å²) >= 11 is 0. The van der Waals surface area contributed by atoms with Crippen molar-refractivity contribution in [2.45, 2.75) is 38.5 Å². The maximum Gasteiger partial charge on any atom is 0.205 e. The van der Waals surface area contributed by atoms with Crippen molar-refractivity contribution in [3.8, 4) is 0 Å². The molecular weight excluding hydrogens is 176 g/mol. The summed E-state index contributed by atoms with van der Waals surface area (Å²) in [4.78, 5) is 3.95. The summed E-state index contributed by atoms with van der Waals surface area (Å²) in [6.45, 7) is 0.966. The molecule has 1 rings (SSSR count). The van der Waals surface area contributed by atoms with E-state index >= 15 is 0 Å². The highest BCUT2D eigenvalue weighted by Crippen LogP contribution is 2.28. The molecule has 1 aliphatic carbocycles. The second-order valence-corrected chi connectivity index (χ2v) is 3.94. The molecule has 0 bridgehead atoms. The van der Waals surface area contributed by atoms with E-state index in [1.165, 1.54) is 38.5 Å². The van der Waals surface area contributed by atoms with Gasteiger partial charge in [0.2, 0.25) is 5.96 Å². The fourth-order valence-electron chi connectivity index (χ4n) is 2.09. The minimum absolute atomic E-state index is 0.677. The van der Waals surface area contributed by atoms with Gasteiger partial charge < -0.3 is 5.32 Å². The van der Waals surface area contributed by atoms with E-state index in [-0.39, 0.29) is 0 Å². The van der Waals surface area contributed by atoms with Crippen LogP contribution in [0, 0.1) is 5.92 Å². The number of nitrogens with zero attached hydrogens (tertiary/aromatic N) is 1. The van der Waals surface area contributed by atoms with E-state index in [9.17, 15) is 0 Å². The van der Waals surface area contributed by atoms with Crippen molar-refractivity contribution in [2.75, 3.05) is 13.6 Å². The molecule has 1 aliphatic rings. The average molecular weight is 198 g/mol. The van der Waals surface area contributed by atoms with Crippen LogP contribution in [0.25, 0.3) is 0 Å². The third-order valence-corrected chi connectivity index (χ3v) is 2.92. The molecule has 0 aromatic rings. The first-order chi connectivity index (χ1) is 6.86. The fraction of sp³-hybridized carbons (Fsp3) is 0.900. The molecule has 4 nitrogen and oxygen atoms in total. The Kier molecular flexibility index (Phi) is 5.37. The molecular formula is C10H22N4. The lowest BCUT2D eigenvalue weighted by Crippen LogP contribution is -2.41. The molecule has 1 saturated carbocycles. The summed E-state index contributed by atoms with van der Waals surface area (Å²) in [6, 6.07) is 0. The first-order valence-corrected chi connectivity index (χ1v) is 5.54. The number of aliphatic imine (C=N–C) groups is 1. The van der Waals surface area contributed by atoms with Crippen LogP contribution in [0.1, 0.15) is 38.5 Å². The van der Waals surface area contributed by atoms with Gasteiger partial charge in [-0.15, -0.1) is 0 Å². The quantitative estimate of drug-likeness (QED) is 0.208. The van der Waals surface area contributed by atoms with Gasteiger partial charge >= 0.3 is 0 Å². The fourth-order valence-corrected chi connectivity index (χ4v) is 2.09. The molecule has 0 aromatic carbocycles. The first kappa shape index (κ1) is 11.3. The van der Waals surface area contributed by atoms with Gasteiger partial charge in [-0.2, -0.15) is 0 Å². The van der Waals surface area contributed by atoms with Gasteiger partial charge in [-0.25, -0.2) is 5.84 Å². The molecule has 0 heterocycles. The van der Waals surface area contributed by atoms with Crippen LogP contribution >= 0.6 is 0 Å². The Morgan fingerprint density at radius 2 is 2.14 bits per heavy atom. The van der Waals surface area contributed by atoms with E-state index < -0.39 is 0 Å². The maximum atomic E-state index is 5.24. The Balaban J connectivity index is 1.98. The zero-order valence-electron chi connectivity index (χ0n) is 9.05. The van der Waals surface area contributed by atoms with E-state index in [1.54, 1.807) is 7.05 Å². The minimum atomic E-state index is 0.677. The van der Waals surface area contributed by atoms with Gasteiger partial charge in [0.1, 0.15) is 0 Å². The SMILES string of the molecule is CN=C(NN)NCCCC1CCCC1. The Bertz CT molecular complexity index is 173. The number of nitrogens with two attached hydrogens (primary N) is 1. The minimum Gasteiger partial charge on any atom is -0.355 e. The number of hydrazine groups is 1. The Morgan fingerprint density at radius 3 is 2.71 bits per heavy atom. The van der Waals surface area contributed by atoms with Crippen LogP contribution in [0.2, 0.25) is 0 Å². The Labute approximate surface area is 86.3 Å². The van der Waals surface area contributed by atoms with Crippen molar-refractivity contribution < 1.29 is 0 Å². The first-order valence-electron chi connectivity index (χ1n) is 5.54. The third-order valence-electron chi connectivity index (χ3n) is 2.92. The van der Waals surface area contributed by atoms with E-state index in [4.69, 9.17) is 5.84 Å². The molecule has 0 saturated heterocycles. The van der Waals surface area contributed by atoms with Gasteiger partial charge in [0.05, 0.1) is 0 Å². The molecule has 4 N–H and O–H groups in total. The molecule has 4 heteroatoms. The smallest absolute Gasteiger partial charge is 0.205 e. The third kappa shape index (κ3) is 3.96. The Hall–Kier alpha value is -0.770. The molecule has 0 aromatic heterocycles. The average Bonchev–Trinajstić information content (AvgIpc) is 2.71. The van der Waals surface area contributed by atoms with E-state index in [1.807, 2.05) is 0 Å². The standard InChI is InChI=1S/C10H22N4/c1-12-10(14-11)13-8-4-7-9-5-2-3-6-9/h9H,2-8,11H2,1H3,(H2,12,13,14). The summed E-state index contributed by atoms with van der Waals surface area (Å²) in [7, 11) is 1.72. The van der Waals surface area contributed by atoms with Crippen LogP contribution in [0.5, 0.6) is 0 Å². The number of guanidine groups is 1. The summed E-state index contributed by atoms with van der Waals surface area (Å²) in [5.41, 5.74) is 2.52. The molecule has 82 valence electrons. The van der Waals surface area contributed by atoms with Gasteiger partial charge in [-0.1, -0.05) is 25.7 Å². The highest BCUT2D eigenvalue weighted by Gasteiger charge is 2.13. The zero-order chi connectivity index (χ0) is 10.2. The van der Waals surface area contributed by atoms with Crippen molar-refractivity contribution in [2.24, 2.45) is 16.8 Å². The monoisotopic (exact) mass is 198 g/mol. The predicted octanol–water partition coefficient (Wildman–Crippen LogP) is 0.995. The summed E-state index contributed by atoms with van der Waals surface area (Å²) < 4.78 is 0. The molecule has 0 aliphatic heterocycles. The van der Waals surface area contributed by atoms with Gasteiger partial charge in [-0.05, 0) is 18.8 Å². The second-order valence-electron chi connectivity index (χ2n) is 3.94.